The van der Waals surface area contributed by atoms with E-state index in [4.69, 9.17) is 19.7 Å². The van der Waals surface area contributed by atoms with E-state index >= 15 is 0 Å². The third kappa shape index (κ3) is 4.84. The molecule has 1 atom stereocenters. The van der Waals surface area contributed by atoms with E-state index in [1.165, 1.54) is 7.11 Å². The van der Waals surface area contributed by atoms with Gasteiger partial charge in [0, 0.05) is 6.07 Å². The number of hydrogen-bond donors (Lipinski definition) is 3. The van der Waals surface area contributed by atoms with Crippen LogP contribution >= 0.6 is 0 Å². The monoisotopic (exact) mass is 269 g/mol. The summed E-state index contributed by atoms with van der Waals surface area (Å²) in [6, 6.07) is 5.31. The van der Waals surface area contributed by atoms with Crippen LogP contribution in [0.5, 0.6) is 11.5 Å². The molecule has 1 aromatic carbocycles. The second-order valence-corrected chi connectivity index (χ2v) is 3.61. The van der Waals surface area contributed by atoms with Crippen LogP contribution in [0.25, 0.3) is 0 Å². The van der Waals surface area contributed by atoms with Crippen molar-refractivity contribution < 1.29 is 29.3 Å². The van der Waals surface area contributed by atoms with Crippen LogP contribution in [0.2, 0.25) is 0 Å². The molecule has 0 bridgehead atoms. The van der Waals surface area contributed by atoms with Gasteiger partial charge < -0.3 is 25.0 Å². The van der Waals surface area contributed by atoms with Crippen molar-refractivity contribution >= 4 is 11.9 Å². The molecule has 19 heavy (non-hydrogen) atoms. The Labute approximate surface area is 109 Å². The molecule has 1 unspecified atom stereocenters. The van der Waals surface area contributed by atoms with Crippen molar-refractivity contribution in [2.45, 2.75) is 6.04 Å². The maximum absolute atomic E-state index is 11.4. The predicted octanol–water partition coefficient (Wildman–Crippen LogP) is -0.364. The fourth-order valence-electron chi connectivity index (χ4n) is 1.26. The molecule has 104 valence electrons. The third-order valence-electron chi connectivity index (χ3n) is 2.23. The molecule has 0 fully saturated rings. The summed E-state index contributed by atoms with van der Waals surface area (Å²) in [5, 5.41) is 19.5. The number of ether oxygens (including phenoxy) is 2. The zero-order valence-electron chi connectivity index (χ0n) is 10.3. The number of carboxylic acids is 1. The minimum Gasteiger partial charge on any atom is -0.497 e. The van der Waals surface area contributed by atoms with Crippen molar-refractivity contribution in [2.24, 2.45) is 0 Å². The Morgan fingerprint density at radius 3 is 2.63 bits per heavy atom. The fourth-order valence-corrected chi connectivity index (χ4v) is 1.26. The second kappa shape index (κ2) is 7.22. The molecule has 1 amide bonds. The van der Waals surface area contributed by atoms with Crippen LogP contribution < -0.4 is 14.8 Å². The first kappa shape index (κ1) is 14.8. The Morgan fingerprint density at radius 2 is 2.05 bits per heavy atom. The van der Waals surface area contributed by atoms with Crippen LogP contribution in [0.3, 0.4) is 0 Å². The maximum atomic E-state index is 11.4. The lowest BCUT2D eigenvalue weighted by molar-refractivity contribution is -0.143. The molecule has 0 aromatic heterocycles. The molecule has 0 aliphatic carbocycles. The standard InChI is InChI=1S/C12H15NO6/c1-18-8-3-2-4-9(5-8)19-7-11(15)13-10(6-14)12(16)17/h2-5,10,14H,6-7H2,1H3,(H,13,15)(H,16,17). The summed E-state index contributed by atoms with van der Waals surface area (Å²) < 4.78 is 10.2. The minimum atomic E-state index is -1.33. The Balaban J connectivity index is 2.47. The molecule has 7 heteroatoms. The quantitative estimate of drug-likeness (QED) is 0.624. The van der Waals surface area contributed by atoms with E-state index in [1.54, 1.807) is 24.3 Å². The number of methoxy groups -OCH3 is 1. The van der Waals surface area contributed by atoms with Gasteiger partial charge >= 0.3 is 5.97 Å². The lowest BCUT2D eigenvalue weighted by Crippen LogP contribution is -2.45. The first-order valence-electron chi connectivity index (χ1n) is 5.46. The number of aliphatic hydroxyl groups excluding tert-OH is 1. The van der Waals surface area contributed by atoms with Gasteiger partial charge in [-0.05, 0) is 12.1 Å². The molecule has 0 spiro atoms. The molecular weight excluding hydrogens is 254 g/mol. The second-order valence-electron chi connectivity index (χ2n) is 3.61. The summed E-state index contributed by atoms with van der Waals surface area (Å²) in [5.74, 6) is -0.941. The van der Waals surface area contributed by atoms with Crippen molar-refractivity contribution in [2.75, 3.05) is 20.3 Å². The Bertz CT molecular complexity index is 448. The highest BCUT2D eigenvalue weighted by molar-refractivity contribution is 5.84. The predicted molar refractivity (Wildman–Crippen MR) is 65.1 cm³/mol. The van der Waals surface area contributed by atoms with Gasteiger partial charge in [-0.25, -0.2) is 4.79 Å². The number of benzene rings is 1. The van der Waals surface area contributed by atoms with Crippen molar-refractivity contribution in [3.05, 3.63) is 24.3 Å². The number of rotatable bonds is 7. The first-order chi connectivity index (χ1) is 9.06. The largest absolute Gasteiger partial charge is 0.497 e. The highest BCUT2D eigenvalue weighted by atomic mass is 16.5. The van der Waals surface area contributed by atoms with Gasteiger partial charge in [-0.2, -0.15) is 0 Å². The van der Waals surface area contributed by atoms with E-state index in [-0.39, 0.29) is 6.61 Å². The van der Waals surface area contributed by atoms with Crippen molar-refractivity contribution in [1.29, 1.82) is 0 Å². The van der Waals surface area contributed by atoms with Gasteiger partial charge in [0.2, 0.25) is 0 Å². The number of carbonyl (C=O) groups excluding carboxylic acids is 1. The fraction of sp³-hybridized carbons (Fsp3) is 0.333. The van der Waals surface area contributed by atoms with E-state index in [0.29, 0.717) is 11.5 Å². The molecule has 3 N–H and O–H groups in total. The van der Waals surface area contributed by atoms with E-state index in [9.17, 15) is 9.59 Å². The van der Waals surface area contributed by atoms with Crippen LogP contribution in [0.15, 0.2) is 24.3 Å². The topological polar surface area (TPSA) is 105 Å². The zero-order chi connectivity index (χ0) is 14.3. The van der Waals surface area contributed by atoms with Gasteiger partial charge in [-0.3, -0.25) is 4.79 Å². The van der Waals surface area contributed by atoms with E-state index in [2.05, 4.69) is 5.32 Å². The summed E-state index contributed by atoms with van der Waals surface area (Å²) in [5.41, 5.74) is 0. The molecule has 1 aromatic rings. The van der Waals surface area contributed by atoms with Crippen LogP contribution in [0.4, 0.5) is 0 Å². The molecule has 0 saturated carbocycles. The molecule has 7 nitrogen and oxygen atoms in total. The molecule has 0 aliphatic rings. The molecule has 0 radical (unpaired) electrons. The van der Waals surface area contributed by atoms with Crippen molar-refractivity contribution in [3.8, 4) is 11.5 Å². The Morgan fingerprint density at radius 1 is 1.37 bits per heavy atom. The molecule has 0 heterocycles. The van der Waals surface area contributed by atoms with Crippen molar-refractivity contribution in [3.63, 3.8) is 0 Å². The van der Waals surface area contributed by atoms with Crippen LogP contribution in [0, 0.1) is 0 Å². The Kier molecular flexibility index (Phi) is 5.62. The van der Waals surface area contributed by atoms with Gasteiger partial charge in [-0.1, -0.05) is 6.07 Å². The number of aliphatic carboxylic acids is 1. The molecule has 0 saturated heterocycles. The lowest BCUT2D eigenvalue weighted by Gasteiger charge is -2.12. The van der Waals surface area contributed by atoms with Gasteiger partial charge in [0.15, 0.2) is 6.61 Å². The van der Waals surface area contributed by atoms with Gasteiger partial charge in [0.1, 0.15) is 17.5 Å². The zero-order valence-corrected chi connectivity index (χ0v) is 10.3. The summed E-state index contributed by atoms with van der Waals surface area (Å²) in [6.07, 6.45) is 0. The minimum absolute atomic E-state index is 0.350. The normalized spacial score (nSPS) is 11.5. The van der Waals surface area contributed by atoms with Gasteiger partial charge in [-0.15, -0.1) is 0 Å². The third-order valence-corrected chi connectivity index (χ3v) is 2.23. The van der Waals surface area contributed by atoms with E-state index in [0.717, 1.165) is 0 Å². The van der Waals surface area contributed by atoms with Crippen LogP contribution in [-0.2, 0) is 9.59 Å². The number of nitrogens with one attached hydrogen (secondary N) is 1. The van der Waals surface area contributed by atoms with Gasteiger partial charge in [0.05, 0.1) is 13.7 Å². The average molecular weight is 269 g/mol. The summed E-state index contributed by atoms with van der Waals surface area (Å²) >= 11 is 0. The smallest absolute Gasteiger partial charge is 0.328 e. The SMILES string of the molecule is COc1cccc(OCC(=O)NC(CO)C(=O)O)c1. The summed E-state index contributed by atoms with van der Waals surface area (Å²) in [7, 11) is 1.50. The van der Waals surface area contributed by atoms with E-state index in [1.807, 2.05) is 0 Å². The molecular formula is C12H15NO6. The maximum Gasteiger partial charge on any atom is 0.328 e. The average Bonchev–Trinajstić information content (AvgIpc) is 2.42. The number of hydrogen-bond acceptors (Lipinski definition) is 5. The molecule has 1 rings (SSSR count). The van der Waals surface area contributed by atoms with Crippen LogP contribution in [-0.4, -0.2) is 48.5 Å². The summed E-state index contributed by atoms with van der Waals surface area (Å²) in [4.78, 5) is 22.0. The summed E-state index contributed by atoms with van der Waals surface area (Å²) in [6.45, 7) is -1.03. The number of amides is 1. The lowest BCUT2D eigenvalue weighted by atomic mass is 10.3. The number of carboxylic acid groups (broad SMARTS) is 1. The first-order valence-corrected chi connectivity index (χ1v) is 5.46. The van der Waals surface area contributed by atoms with Crippen molar-refractivity contribution in [1.82, 2.24) is 5.32 Å². The highest BCUT2D eigenvalue weighted by Gasteiger charge is 2.18. The number of carbonyl (C=O) groups is 2. The highest BCUT2D eigenvalue weighted by Crippen LogP contribution is 2.18. The Hall–Kier alpha value is -2.28. The van der Waals surface area contributed by atoms with Crippen LogP contribution in [0.1, 0.15) is 0 Å². The molecule has 0 aliphatic heterocycles. The van der Waals surface area contributed by atoms with Gasteiger partial charge in [0.25, 0.3) is 5.91 Å². The van der Waals surface area contributed by atoms with E-state index < -0.39 is 24.5 Å². The number of aliphatic hydroxyl groups is 1.